The molecule has 0 aromatic heterocycles. The van der Waals surface area contributed by atoms with Gasteiger partial charge in [0.05, 0.1) is 12.2 Å². The van der Waals surface area contributed by atoms with Gasteiger partial charge in [0.15, 0.2) is 0 Å². The van der Waals surface area contributed by atoms with Crippen LogP contribution in [0.2, 0.25) is 5.02 Å². The van der Waals surface area contributed by atoms with E-state index in [1.54, 1.807) is 24.3 Å². The first-order valence-electron chi connectivity index (χ1n) is 9.43. The summed E-state index contributed by atoms with van der Waals surface area (Å²) in [4.78, 5) is 26.3. The van der Waals surface area contributed by atoms with E-state index in [-0.39, 0.29) is 18.9 Å². The van der Waals surface area contributed by atoms with Gasteiger partial charge in [-0.3, -0.25) is 9.59 Å². The summed E-state index contributed by atoms with van der Waals surface area (Å²) in [6, 6.07) is 9.83. The van der Waals surface area contributed by atoms with Gasteiger partial charge in [-0.15, -0.1) is 0 Å². The van der Waals surface area contributed by atoms with Gasteiger partial charge in [0, 0.05) is 23.8 Å². The Kier molecular flexibility index (Phi) is 6.87. The van der Waals surface area contributed by atoms with Crippen LogP contribution >= 0.6 is 11.6 Å². The molecular formula is C21H20ClF3N2O3. The van der Waals surface area contributed by atoms with Crippen molar-refractivity contribution in [3.05, 3.63) is 58.6 Å². The molecule has 5 nitrogen and oxygen atoms in total. The summed E-state index contributed by atoms with van der Waals surface area (Å²) in [5.41, 5.74) is 0.341. The third-order valence-corrected chi connectivity index (χ3v) is 4.93. The Balaban J connectivity index is 1.64. The number of fused-ring (bicyclic) bond motifs is 1. The maximum absolute atomic E-state index is 12.9. The third kappa shape index (κ3) is 5.66. The zero-order valence-corrected chi connectivity index (χ0v) is 16.7. The molecule has 1 heterocycles. The minimum Gasteiger partial charge on any atom is -0.493 e. The number of nitrogens with zero attached hydrogens (tertiary/aromatic N) is 1. The summed E-state index contributed by atoms with van der Waals surface area (Å²) in [7, 11) is 0. The molecule has 0 atom stereocenters. The number of anilines is 1. The van der Waals surface area contributed by atoms with Crippen LogP contribution < -0.4 is 10.1 Å². The Bertz CT molecular complexity index is 917. The number of hydrogen-bond acceptors (Lipinski definition) is 3. The van der Waals surface area contributed by atoms with E-state index in [1.807, 2.05) is 0 Å². The lowest BCUT2D eigenvalue weighted by Crippen LogP contribution is -2.41. The molecule has 0 bridgehead atoms. The fourth-order valence-corrected chi connectivity index (χ4v) is 3.27. The standard InChI is InChI=1S/C21H20ClF3N2O3/c22-16-6-8-17(9-7-16)26-19(28)20(29)27-10-1-3-14-4-5-15(21(23,24)25)13-18(14)30-12-2-11-27/h4-9,13H,1-3,10-12H2,(H,26,28). The Morgan fingerprint density at radius 2 is 1.73 bits per heavy atom. The third-order valence-electron chi connectivity index (χ3n) is 4.68. The van der Waals surface area contributed by atoms with Gasteiger partial charge in [0.2, 0.25) is 0 Å². The molecule has 0 saturated heterocycles. The van der Waals surface area contributed by atoms with Crippen LogP contribution in [0.5, 0.6) is 5.75 Å². The lowest BCUT2D eigenvalue weighted by Gasteiger charge is -2.24. The molecule has 9 heteroatoms. The number of rotatable bonds is 1. The van der Waals surface area contributed by atoms with Gasteiger partial charge in [0.1, 0.15) is 5.75 Å². The summed E-state index contributed by atoms with van der Waals surface area (Å²) in [6.07, 6.45) is -3.14. The number of halogens is 4. The van der Waals surface area contributed by atoms with E-state index in [2.05, 4.69) is 5.32 Å². The van der Waals surface area contributed by atoms with E-state index < -0.39 is 23.6 Å². The molecule has 2 amide bonds. The molecule has 160 valence electrons. The number of alkyl halides is 3. The molecule has 30 heavy (non-hydrogen) atoms. The molecule has 1 aliphatic rings. The molecule has 0 spiro atoms. The molecule has 0 unspecified atom stereocenters. The summed E-state index contributed by atoms with van der Waals surface area (Å²) < 4.78 is 44.3. The molecule has 0 radical (unpaired) electrons. The molecular weight excluding hydrogens is 421 g/mol. The first kappa shape index (κ1) is 22.0. The molecule has 1 aliphatic heterocycles. The monoisotopic (exact) mass is 440 g/mol. The van der Waals surface area contributed by atoms with Crippen LogP contribution in [0.25, 0.3) is 0 Å². The first-order chi connectivity index (χ1) is 14.2. The van der Waals surface area contributed by atoms with Crippen molar-refractivity contribution in [3.8, 4) is 5.75 Å². The number of nitrogens with one attached hydrogen (secondary N) is 1. The van der Waals surface area contributed by atoms with Crippen molar-refractivity contribution in [2.75, 3.05) is 25.0 Å². The highest BCUT2D eigenvalue weighted by atomic mass is 35.5. The summed E-state index contributed by atoms with van der Waals surface area (Å²) in [5, 5.41) is 3.05. The van der Waals surface area contributed by atoms with E-state index >= 15 is 0 Å². The Labute approximate surface area is 176 Å². The molecule has 0 aliphatic carbocycles. The van der Waals surface area contributed by atoms with E-state index in [4.69, 9.17) is 16.3 Å². The fourth-order valence-electron chi connectivity index (χ4n) is 3.15. The highest BCUT2D eigenvalue weighted by Gasteiger charge is 2.31. The van der Waals surface area contributed by atoms with Crippen LogP contribution in [-0.4, -0.2) is 36.4 Å². The topological polar surface area (TPSA) is 58.6 Å². The van der Waals surface area contributed by atoms with E-state index in [0.717, 1.165) is 12.1 Å². The van der Waals surface area contributed by atoms with Crippen LogP contribution in [-0.2, 0) is 22.2 Å². The van der Waals surface area contributed by atoms with Gasteiger partial charge in [-0.1, -0.05) is 17.7 Å². The Hall–Kier alpha value is -2.74. The smallest absolute Gasteiger partial charge is 0.416 e. The van der Waals surface area contributed by atoms with Crippen LogP contribution in [0, 0.1) is 0 Å². The number of amides is 2. The highest BCUT2D eigenvalue weighted by Crippen LogP contribution is 2.33. The van der Waals surface area contributed by atoms with Crippen molar-refractivity contribution in [3.63, 3.8) is 0 Å². The maximum Gasteiger partial charge on any atom is 0.416 e. The van der Waals surface area contributed by atoms with Crippen molar-refractivity contribution in [1.29, 1.82) is 0 Å². The van der Waals surface area contributed by atoms with Crippen LogP contribution in [0.1, 0.15) is 24.0 Å². The average Bonchev–Trinajstić information content (AvgIpc) is 2.71. The number of benzene rings is 2. The van der Waals surface area contributed by atoms with Crippen LogP contribution in [0.15, 0.2) is 42.5 Å². The second-order valence-electron chi connectivity index (χ2n) is 6.88. The zero-order valence-electron chi connectivity index (χ0n) is 16.0. The van der Waals surface area contributed by atoms with Crippen molar-refractivity contribution in [1.82, 2.24) is 4.90 Å². The van der Waals surface area contributed by atoms with Crippen LogP contribution in [0.3, 0.4) is 0 Å². The fraction of sp³-hybridized carbons (Fsp3) is 0.333. The summed E-state index contributed by atoms with van der Waals surface area (Å²) >= 11 is 5.81. The Morgan fingerprint density at radius 3 is 2.43 bits per heavy atom. The van der Waals surface area contributed by atoms with Crippen molar-refractivity contribution >= 4 is 29.1 Å². The largest absolute Gasteiger partial charge is 0.493 e. The SMILES string of the molecule is O=C(Nc1ccc(Cl)cc1)C(=O)N1CCCOc2cc(C(F)(F)F)ccc2CCC1. The quantitative estimate of drug-likeness (QED) is 0.662. The zero-order chi connectivity index (χ0) is 21.7. The number of carbonyl (C=O) groups is 2. The number of hydrogen-bond donors (Lipinski definition) is 1. The maximum atomic E-state index is 12.9. The molecule has 0 fully saturated rings. The lowest BCUT2D eigenvalue weighted by atomic mass is 10.0. The van der Waals surface area contributed by atoms with Gasteiger partial charge in [0.25, 0.3) is 0 Å². The van der Waals surface area contributed by atoms with Gasteiger partial charge in [-0.05, 0) is 61.2 Å². The van der Waals surface area contributed by atoms with Gasteiger partial charge in [-0.25, -0.2) is 0 Å². The molecule has 1 N–H and O–H groups in total. The van der Waals surface area contributed by atoms with Crippen molar-refractivity contribution < 1.29 is 27.5 Å². The first-order valence-corrected chi connectivity index (χ1v) is 9.80. The van der Waals surface area contributed by atoms with Crippen molar-refractivity contribution in [2.24, 2.45) is 0 Å². The van der Waals surface area contributed by atoms with Crippen LogP contribution in [0.4, 0.5) is 18.9 Å². The molecule has 0 saturated carbocycles. The number of carbonyl (C=O) groups excluding carboxylic acids is 2. The Morgan fingerprint density at radius 1 is 1.03 bits per heavy atom. The normalized spacial score (nSPS) is 15.0. The second-order valence-corrected chi connectivity index (χ2v) is 7.32. The summed E-state index contributed by atoms with van der Waals surface area (Å²) in [6.45, 7) is 0.714. The van der Waals surface area contributed by atoms with Gasteiger partial charge in [-0.2, -0.15) is 13.2 Å². The number of ether oxygens (including phenoxy) is 1. The molecule has 2 aromatic carbocycles. The minimum atomic E-state index is -4.44. The van der Waals surface area contributed by atoms with Crippen molar-refractivity contribution in [2.45, 2.75) is 25.4 Å². The number of aryl methyl sites for hydroxylation is 1. The predicted molar refractivity (Wildman–Crippen MR) is 107 cm³/mol. The molecule has 2 aromatic rings. The minimum absolute atomic E-state index is 0.136. The van der Waals surface area contributed by atoms with Gasteiger partial charge < -0.3 is 15.0 Å². The van der Waals surface area contributed by atoms with E-state index in [9.17, 15) is 22.8 Å². The molecule has 3 rings (SSSR count). The van der Waals surface area contributed by atoms with Gasteiger partial charge >= 0.3 is 18.0 Å². The second kappa shape index (κ2) is 9.38. The van der Waals surface area contributed by atoms with E-state index in [1.165, 1.54) is 11.0 Å². The van der Waals surface area contributed by atoms with E-state index in [0.29, 0.717) is 42.1 Å². The summed E-state index contributed by atoms with van der Waals surface area (Å²) in [5.74, 6) is -1.21. The highest BCUT2D eigenvalue weighted by molar-refractivity contribution is 6.39. The lowest BCUT2D eigenvalue weighted by molar-refractivity contribution is -0.143. The average molecular weight is 441 g/mol. The predicted octanol–water partition coefficient (Wildman–Crippen LogP) is 4.54.